The molecule has 0 bridgehead atoms. The molecule has 0 spiro atoms. The summed E-state index contributed by atoms with van der Waals surface area (Å²) in [5.41, 5.74) is 2.33. The van der Waals surface area contributed by atoms with E-state index in [2.05, 4.69) is 52.8 Å². The molecule has 1 aliphatic heterocycles. The minimum absolute atomic E-state index is 0.267. The molecule has 3 aromatic carbocycles. The quantitative estimate of drug-likeness (QED) is 0.285. The maximum Gasteiger partial charge on any atom is 0.119 e. The smallest absolute Gasteiger partial charge is 0.119 e. The van der Waals surface area contributed by atoms with E-state index in [1.165, 1.54) is 42.6 Å². The summed E-state index contributed by atoms with van der Waals surface area (Å²) in [5.74, 6) is 2.68. The number of nitrogens with zero attached hydrogens (tertiary/aromatic N) is 1. The standard InChI is InChI=1S/C30H34ClNO2S/c31-26-10-6-24(7-11-26)25-8-12-28(13-9-25)34-29-18-20-32(21-19-29)35-30-16-14-27(15-17-30)33-22-23-4-2-1-3-5-23/h6-17,23,29H,1-5,18-22H2. The van der Waals surface area contributed by atoms with Crippen LogP contribution in [0.4, 0.5) is 0 Å². The van der Waals surface area contributed by atoms with E-state index in [9.17, 15) is 0 Å². The van der Waals surface area contributed by atoms with Gasteiger partial charge in [-0.2, -0.15) is 0 Å². The fourth-order valence-corrected chi connectivity index (χ4v) is 5.99. The summed E-state index contributed by atoms with van der Waals surface area (Å²) in [4.78, 5) is 1.27. The number of piperidine rings is 1. The summed E-state index contributed by atoms with van der Waals surface area (Å²) >= 11 is 7.84. The number of halogens is 1. The van der Waals surface area contributed by atoms with E-state index in [1.54, 1.807) is 0 Å². The first-order chi connectivity index (χ1) is 17.2. The van der Waals surface area contributed by atoms with Crippen LogP contribution in [-0.4, -0.2) is 30.1 Å². The zero-order valence-electron chi connectivity index (χ0n) is 20.2. The molecule has 0 radical (unpaired) electrons. The van der Waals surface area contributed by atoms with Crippen LogP contribution in [0.1, 0.15) is 44.9 Å². The Hall–Kier alpha value is -2.14. The molecule has 0 atom stereocenters. The number of ether oxygens (including phenoxy) is 2. The Morgan fingerprint density at radius 1 is 0.714 bits per heavy atom. The Kier molecular flexibility index (Phi) is 8.56. The van der Waals surface area contributed by atoms with E-state index in [0.29, 0.717) is 0 Å². The van der Waals surface area contributed by atoms with Crippen LogP contribution in [0.15, 0.2) is 77.7 Å². The van der Waals surface area contributed by atoms with Crippen LogP contribution in [0.5, 0.6) is 11.5 Å². The predicted molar refractivity (Wildman–Crippen MR) is 146 cm³/mol. The molecule has 3 nitrogen and oxygen atoms in total. The van der Waals surface area contributed by atoms with Crippen LogP contribution < -0.4 is 9.47 Å². The molecular formula is C30H34ClNO2S. The number of hydrogen-bond acceptors (Lipinski definition) is 4. The van der Waals surface area contributed by atoms with E-state index in [1.807, 2.05) is 36.2 Å². The minimum Gasteiger partial charge on any atom is -0.493 e. The highest BCUT2D eigenvalue weighted by molar-refractivity contribution is 7.97. The van der Waals surface area contributed by atoms with Crippen LogP contribution in [0.25, 0.3) is 11.1 Å². The molecule has 3 aromatic rings. The highest BCUT2D eigenvalue weighted by atomic mass is 35.5. The lowest BCUT2D eigenvalue weighted by molar-refractivity contribution is 0.139. The van der Waals surface area contributed by atoms with E-state index >= 15 is 0 Å². The molecule has 5 heteroatoms. The Bertz CT molecular complexity index is 1040. The maximum absolute atomic E-state index is 6.28. The van der Waals surface area contributed by atoms with Crippen LogP contribution in [0.2, 0.25) is 5.02 Å². The third kappa shape index (κ3) is 7.19. The third-order valence-electron chi connectivity index (χ3n) is 7.00. The van der Waals surface area contributed by atoms with Crippen molar-refractivity contribution in [3.8, 4) is 22.6 Å². The molecule has 0 unspecified atom stereocenters. The van der Waals surface area contributed by atoms with Crippen LogP contribution in [-0.2, 0) is 0 Å². The molecule has 1 saturated carbocycles. The van der Waals surface area contributed by atoms with E-state index in [0.717, 1.165) is 60.5 Å². The lowest BCUT2D eigenvalue weighted by Gasteiger charge is -2.31. The fraction of sp³-hybridized carbons (Fsp3) is 0.400. The van der Waals surface area contributed by atoms with E-state index in [4.69, 9.17) is 21.1 Å². The van der Waals surface area contributed by atoms with Gasteiger partial charge in [0.05, 0.1) is 6.61 Å². The van der Waals surface area contributed by atoms with Crippen molar-refractivity contribution in [2.24, 2.45) is 5.92 Å². The first kappa shape index (κ1) is 24.5. The van der Waals surface area contributed by atoms with Crippen LogP contribution in [0.3, 0.4) is 0 Å². The fourth-order valence-electron chi connectivity index (χ4n) is 4.92. The van der Waals surface area contributed by atoms with Crippen molar-refractivity contribution in [3.05, 3.63) is 77.8 Å². The third-order valence-corrected chi connectivity index (χ3v) is 8.36. The second-order valence-electron chi connectivity index (χ2n) is 9.66. The zero-order chi connectivity index (χ0) is 23.9. The molecule has 1 aliphatic carbocycles. The van der Waals surface area contributed by atoms with Gasteiger partial charge in [-0.25, -0.2) is 4.31 Å². The SMILES string of the molecule is Clc1ccc(-c2ccc(OC3CCN(Sc4ccc(OCC5CCCCC5)cc4)CC3)cc2)cc1. The van der Waals surface area contributed by atoms with Crippen LogP contribution in [0, 0.1) is 5.92 Å². The van der Waals surface area contributed by atoms with Gasteiger partial charge in [0.1, 0.15) is 17.6 Å². The second-order valence-corrected chi connectivity index (χ2v) is 11.3. The van der Waals surface area contributed by atoms with Gasteiger partial charge in [-0.05, 0) is 103 Å². The molecule has 0 amide bonds. The molecule has 1 heterocycles. The second kappa shape index (κ2) is 12.2. The highest BCUT2D eigenvalue weighted by Gasteiger charge is 2.21. The summed E-state index contributed by atoms with van der Waals surface area (Å²) in [6.45, 7) is 2.92. The zero-order valence-corrected chi connectivity index (χ0v) is 21.8. The Morgan fingerprint density at radius 2 is 1.31 bits per heavy atom. The largest absolute Gasteiger partial charge is 0.493 e. The molecule has 35 heavy (non-hydrogen) atoms. The first-order valence-electron chi connectivity index (χ1n) is 12.9. The lowest BCUT2D eigenvalue weighted by atomic mass is 9.90. The van der Waals surface area contributed by atoms with Crippen molar-refractivity contribution >= 4 is 23.5 Å². The first-order valence-corrected chi connectivity index (χ1v) is 14.0. The molecule has 184 valence electrons. The van der Waals surface area contributed by atoms with Crippen molar-refractivity contribution in [2.75, 3.05) is 19.7 Å². The summed E-state index contributed by atoms with van der Waals surface area (Å²) in [6.07, 6.45) is 9.10. The van der Waals surface area contributed by atoms with Gasteiger partial charge < -0.3 is 9.47 Å². The van der Waals surface area contributed by atoms with Crippen molar-refractivity contribution in [2.45, 2.75) is 55.9 Å². The number of benzene rings is 3. The maximum atomic E-state index is 6.28. The van der Waals surface area contributed by atoms with Crippen LogP contribution >= 0.6 is 23.5 Å². The van der Waals surface area contributed by atoms with Gasteiger partial charge in [0.2, 0.25) is 0 Å². The number of rotatable bonds is 8. The van der Waals surface area contributed by atoms with Gasteiger partial charge in [0, 0.05) is 23.0 Å². The Labute approximate surface area is 218 Å². The van der Waals surface area contributed by atoms with Gasteiger partial charge in [-0.3, -0.25) is 0 Å². The monoisotopic (exact) mass is 507 g/mol. The normalized spacial score (nSPS) is 17.9. The van der Waals surface area contributed by atoms with E-state index in [-0.39, 0.29) is 6.10 Å². The van der Waals surface area contributed by atoms with Gasteiger partial charge in [0.25, 0.3) is 0 Å². The molecule has 0 N–H and O–H groups in total. The minimum atomic E-state index is 0.267. The molecule has 5 rings (SSSR count). The summed E-state index contributed by atoms with van der Waals surface area (Å²) in [5, 5.41) is 0.758. The lowest BCUT2D eigenvalue weighted by Crippen LogP contribution is -2.34. The summed E-state index contributed by atoms with van der Waals surface area (Å²) < 4.78 is 14.8. The summed E-state index contributed by atoms with van der Waals surface area (Å²) in [6, 6.07) is 24.9. The van der Waals surface area contributed by atoms with E-state index < -0.39 is 0 Å². The van der Waals surface area contributed by atoms with Gasteiger partial charge >= 0.3 is 0 Å². The Balaban J connectivity index is 1.04. The number of hydrogen-bond donors (Lipinski definition) is 0. The predicted octanol–water partition coefficient (Wildman–Crippen LogP) is 8.52. The van der Waals surface area contributed by atoms with Crippen molar-refractivity contribution < 1.29 is 9.47 Å². The summed E-state index contributed by atoms with van der Waals surface area (Å²) in [7, 11) is 0. The molecule has 1 saturated heterocycles. The van der Waals surface area contributed by atoms with Crippen molar-refractivity contribution in [3.63, 3.8) is 0 Å². The van der Waals surface area contributed by atoms with Gasteiger partial charge in [-0.15, -0.1) is 0 Å². The molecule has 2 fully saturated rings. The average molecular weight is 508 g/mol. The van der Waals surface area contributed by atoms with Crippen molar-refractivity contribution in [1.29, 1.82) is 0 Å². The highest BCUT2D eigenvalue weighted by Crippen LogP contribution is 2.31. The average Bonchev–Trinajstić information content (AvgIpc) is 2.91. The van der Waals surface area contributed by atoms with Gasteiger partial charge in [-0.1, -0.05) is 55.1 Å². The molecule has 2 aliphatic rings. The Morgan fingerprint density at radius 3 is 1.97 bits per heavy atom. The van der Waals surface area contributed by atoms with Gasteiger partial charge in [0.15, 0.2) is 0 Å². The molecule has 0 aromatic heterocycles. The topological polar surface area (TPSA) is 21.7 Å². The van der Waals surface area contributed by atoms with Crippen molar-refractivity contribution in [1.82, 2.24) is 4.31 Å². The molecular weight excluding hydrogens is 474 g/mol.